The van der Waals surface area contributed by atoms with Gasteiger partial charge in [0.05, 0.1) is 5.56 Å². The van der Waals surface area contributed by atoms with Gasteiger partial charge in [0.2, 0.25) is 0 Å². The number of carbonyl (C=O) groups is 2. The van der Waals surface area contributed by atoms with E-state index in [9.17, 15) is 9.59 Å². The van der Waals surface area contributed by atoms with Gasteiger partial charge in [0.1, 0.15) is 5.82 Å². The second kappa shape index (κ2) is 3.25. The summed E-state index contributed by atoms with van der Waals surface area (Å²) in [5.74, 6) is -0.305. The normalized spacial score (nSPS) is 13.2. The van der Waals surface area contributed by atoms with Crippen LogP contribution >= 0.6 is 0 Å². The Morgan fingerprint density at radius 1 is 0.882 bits per heavy atom. The number of carbonyl (C=O) groups excluding carboxylic acids is 2. The molecule has 0 saturated heterocycles. The molecule has 0 unspecified atom stereocenters. The van der Waals surface area contributed by atoms with Crippen LogP contribution in [-0.2, 0) is 0 Å². The maximum Gasteiger partial charge on any atom is 0.198 e. The zero-order chi connectivity index (χ0) is 12.0. The fraction of sp³-hybridized carbons (Fsp3) is 0. The number of anilines is 1. The standard InChI is InChI=1S/C13H8N2O2/c14-13-10-9(5-6-15-13)11(16)7-3-1-2-4-8(7)12(10)17/h1-6H,(H2,14,15). The highest BCUT2D eigenvalue weighted by atomic mass is 16.1. The van der Waals surface area contributed by atoms with Crippen molar-refractivity contribution >= 4 is 17.4 Å². The van der Waals surface area contributed by atoms with E-state index < -0.39 is 0 Å². The van der Waals surface area contributed by atoms with Crippen molar-refractivity contribution in [2.24, 2.45) is 0 Å². The van der Waals surface area contributed by atoms with E-state index in [0.29, 0.717) is 16.7 Å². The van der Waals surface area contributed by atoms with Crippen LogP contribution in [0.3, 0.4) is 0 Å². The molecule has 2 aromatic rings. The SMILES string of the molecule is Nc1nccc2c1C(=O)c1ccccc1C2=O. The zero-order valence-electron chi connectivity index (χ0n) is 8.81. The first kappa shape index (κ1) is 9.72. The summed E-state index contributed by atoms with van der Waals surface area (Å²) in [6, 6.07) is 8.27. The molecule has 2 N–H and O–H groups in total. The molecule has 4 nitrogen and oxygen atoms in total. The highest BCUT2D eigenvalue weighted by Crippen LogP contribution is 2.29. The molecule has 0 radical (unpaired) electrons. The Kier molecular flexibility index (Phi) is 1.86. The summed E-state index contributed by atoms with van der Waals surface area (Å²) in [6.07, 6.45) is 1.44. The maximum atomic E-state index is 12.2. The Labute approximate surface area is 97.1 Å². The van der Waals surface area contributed by atoms with Gasteiger partial charge in [-0.05, 0) is 6.07 Å². The number of nitrogen functional groups attached to an aromatic ring is 1. The van der Waals surface area contributed by atoms with E-state index in [2.05, 4.69) is 4.98 Å². The zero-order valence-corrected chi connectivity index (χ0v) is 8.81. The predicted octanol–water partition coefficient (Wildman–Crippen LogP) is 1.44. The van der Waals surface area contributed by atoms with Crippen molar-refractivity contribution in [1.29, 1.82) is 0 Å². The molecule has 0 spiro atoms. The van der Waals surface area contributed by atoms with Crippen LogP contribution in [0.15, 0.2) is 36.5 Å². The van der Waals surface area contributed by atoms with Crippen LogP contribution < -0.4 is 5.73 Å². The van der Waals surface area contributed by atoms with Gasteiger partial charge in [-0.2, -0.15) is 0 Å². The molecule has 4 heteroatoms. The minimum atomic E-state index is -0.235. The molecule has 0 aliphatic heterocycles. The van der Waals surface area contributed by atoms with Crippen molar-refractivity contribution in [2.45, 2.75) is 0 Å². The van der Waals surface area contributed by atoms with E-state index in [0.717, 1.165) is 0 Å². The number of fused-ring (bicyclic) bond motifs is 2. The Balaban J connectivity index is 2.37. The summed E-state index contributed by atoms with van der Waals surface area (Å²) < 4.78 is 0. The topological polar surface area (TPSA) is 73.0 Å². The van der Waals surface area contributed by atoms with Gasteiger partial charge in [0.15, 0.2) is 11.6 Å². The smallest absolute Gasteiger partial charge is 0.198 e. The van der Waals surface area contributed by atoms with Crippen molar-refractivity contribution < 1.29 is 9.59 Å². The van der Waals surface area contributed by atoms with Crippen LogP contribution in [0.5, 0.6) is 0 Å². The van der Waals surface area contributed by atoms with Gasteiger partial charge in [-0.15, -0.1) is 0 Å². The number of nitrogens with zero attached hydrogens (tertiary/aromatic N) is 1. The molecule has 3 rings (SSSR count). The number of rotatable bonds is 0. The minimum absolute atomic E-state index is 0.107. The molecule has 0 atom stereocenters. The molecule has 1 aromatic heterocycles. The molecule has 0 saturated carbocycles. The molecule has 1 aromatic carbocycles. The lowest BCUT2D eigenvalue weighted by molar-refractivity contribution is 0.0979. The summed E-state index contributed by atoms with van der Waals surface area (Å²) in [7, 11) is 0. The predicted molar refractivity (Wildman–Crippen MR) is 62.0 cm³/mol. The maximum absolute atomic E-state index is 12.2. The van der Waals surface area contributed by atoms with E-state index >= 15 is 0 Å². The number of ketones is 2. The molecule has 0 fully saturated rings. The van der Waals surface area contributed by atoms with E-state index in [1.807, 2.05) is 0 Å². The van der Waals surface area contributed by atoms with Crippen LogP contribution in [0, 0.1) is 0 Å². The minimum Gasteiger partial charge on any atom is -0.383 e. The molecular weight excluding hydrogens is 216 g/mol. The Hall–Kier alpha value is -2.49. The number of hydrogen-bond acceptors (Lipinski definition) is 4. The van der Waals surface area contributed by atoms with Crippen molar-refractivity contribution in [3.63, 3.8) is 0 Å². The summed E-state index contributed by atoms with van der Waals surface area (Å²) in [5, 5.41) is 0. The van der Waals surface area contributed by atoms with E-state index in [1.54, 1.807) is 24.3 Å². The van der Waals surface area contributed by atoms with Crippen LogP contribution in [0.1, 0.15) is 31.8 Å². The average Bonchev–Trinajstić information content (AvgIpc) is 2.36. The molecule has 0 bridgehead atoms. The monoisotopic (exact) mass is 224 g/mol. The number of benzene rings is 1. The van der Waals surface area contributed by atoms with Crippen molar-refractivity contribution in [1.82, 2.24) is 4.98 Å². The summed E-state index contributed by atoms with van der Waals surface area (Å²) in [4.78, 5) is 28.2. The third-order valence-corrected chi connectivity index (χ3v) is 2.87. The number of aromatic nitrogens is 1. The van der Waals surface area contributed by atoms with Crippen molar-refractivity contribution in [3.05, 3.63) is 58.8 Å². The average molecular weight is 224 g/mol. The quantitative estimate of drug-likeness (QED) is 0.627. The Bertz CT molecular complexity index is 662. The summed E-state index contributed by atoms with van der Waals surface area (Å²) >= 11 is 0. The van der Waals surface area contributed by atoms with Gasteiger partial charge >= 0.3 is 0 Å². The van der Waals surface area contributed by atoms with E-state index in [-0.39, 0.29) is 22.9 Å². The number of pyridine rings is 1. The summed E-state index contributed by atoms with van der Waals surface area (Å²) in [5.41, 5.74) is 7.04. The summed E-state index contributed by atoms with van der Waals surface area (Å²) in [6.45, 7) is 0. The highest BCUT2D eigenvalue weighted by Gasteiger charge is 2.31. The third kappa shape index (κ3) is 1.21. The highest BCUT2D eigenvalue weighted by molar-refractivity contribution is 6.29. The lowest BCUT2D eigenvalue weighted by Gasteiger charge is -2.17. The van der Waals surface area contributed by atoms with Crippen LogP contribution in [0.2, 0.25) is 0 Å². The molecule has 0 amide bonds. The van der Waals surface area contributed by atoms with Gasteiger partial charge in [-0.25, -0.2) is 4.98 Å². The second-order valence-electron chi connectivity index (χ2n) is 3.82. The molecular formula is C13H8N2O2. The van der Waals surface area contributed by atoms with Gasteiger partial charge in [-0.3, -0.25) is 9.59 Å². The molecule has 1 aliphatic carbocycles. The van der Waals surface area contributed by atoms with Gasteiger partial charge in [-0.1, -0.05) is 24.3 Å². The number of nitrogens with two attached hydrogens (primary N) is 1. The van der Waals surface area contributed by atoms with Crippen molar-refractivity contribution in [2.75, 3.05) is 5.73 Å². The third-order valence-electron chi connectivity index (χ3n) is 2.87. The van der Waals surface area contributed by atoms with E-state index in [4.69, 9.17) is 5.73 Å². The number of hydrogen-bond donors (Lipinski definition) is 1. The molecule has 82 valence electrons. The van der Waals surface area contributed by atoms with Crippen LogP contribution in [0.25, 0.3) is 0 Å². The largest absolute Gasteiger partial charge is 0.383 e. The molecule has 1 aliphatic rings. The lowest BCUT2D eigenvalue weighted by atomic mass is 9.85. The van der Waals surface area contributed by atoms with Gasteiger partial charge in [0.25, 0.3) is 0 Å². The first-order valence-electron chi connectivity index (χ1n) is 5.13. The fourth-order valence-corrected chi connectivity index (χ4v) is 2.06. The van der Waals surface area contributed by atoms with Crippen molar-refractivity contribution in [3.8, 4) is 0 Å². The van der Waals surface area contributed by atoms with Crippen LogP contribution in [-0.4, -0.2) is 16.6 Å². The Morgan fingerprint density at radius 3 is 2.24 bits per heavy atom. The van der Waals surface area contributed by atoms with Crippen LogP contribution in [0.4, 0.5) is 5.82 Å². The van der Waals surface area contributed by atoms with E-state index in [1.165, 1.54) is 12.3 Å². The molecule has 17 heavy (non-hydrogen) atoms. The second-order valence-corrected chi connectivity index (χ2v) is 3.82. The van der Waals surface area contributed by atoms with Gasteiger partial charge in [0, 0.05) is 22.9 Å². The first-order chi connectivity index (χ1) is 8.20. The Morgan fingerprint density at radius 2 is 1.53 bits per heavy atom. The first-order valence-corrected chi connectivity index (χ1v) is 5.13. The molecule has 1 heterocycles. The lowest BCUT2D eigenvalue weighted by Crippen LogP contribution is -2.22. The van der Waals surface area contributed by atoms with Gasteiger partial charge < -0.3 is 5.73 Å². The fourth-order valence-electron chi connectivity index (χ4n) is 2.06.